The summed E-state index contributed by atoms with van der Waals surface area (Å²) in [6, 6.07) is 9.59. The van der Waals surface area contributed by atoms with Crippen molar-refractivity contribution in [3.63, 3.8) is 0 Å². The topological polar surface area (TPSA) is 228 Å². The predicted octanol–water partition coefficient (Wildman–Crippen LogP) is 3.88. The molecule has 5 N–H and O–H groups in total. The number of methoxy groups -OCH3 is 1. The van der Waals surface area contributed by atoms with Crippen LogP contribution in [0.3, 0.4) is 0 Å². The number of benzene rings is 2. The van der Waals surface area contributed by atoms with Crippen LogP contribution in [-0.2, 0) is 26.2 Å². The second kappa shape index (κ2) is 16.7. The number of aliphatic hydroxyl groups excluding tert-OH is 1. The number of hydrogen-bond acceptors (Lipinski definition) is 11. The fourth-order valence-electron chi connectivity index (χ4n) is 6.38. The molecular weight excluding hydrogens is 722 g/mol. The van der Waals surface area contributed by atoms with Crippen LogP contribution in [0.15, 0.2) is 48.6 Å². The van der Waals surface area contributed by atoms with E-state index in [1.807, 2.05) is 26.0 Å². The van der Waals surface area contributed by atoms with Crippen molar-refractivity contribution in [2.45, 2.75) is 60.3 Å². The van der Waals surface area contributed by atoms with E-state index in [2.05, 4.69) is 25.8 Å². The zero-order chi connectivity index (χ0) is 40.1. The lowest BCUT2D eigenvalue weighted by Crippen LogP contribution is -2.20. The van der Waals surface area contributed by atoms with Gasteiger partial charge in [0, 0.05) is 50.3 Å². The van der Waals surface area contributed by atoms with E-state index >= 15 is 0 Å². The summed E-state index contributed by atoms with van der Waals surface area (Å²) in [5, 5.41) is 24.0. The number of anilines is 2. The number of aldehydes is 1. The average molecular weight is 766 g/mol. The number of carbonyl (C=O) groups excluding carboxylic acids is 4. The van der Waals surface area contributed by atoms with E-state index in [1.54, 1.807) is 56.6 Å². The van der Waals surface area contributed by atoms with Crippen molar-refractivity contribution in [1.29, 1.82) is 0 Å². The van der Waals surface area contributed by atoms with Crippen molar-refractivity contribution in [2.75, 3.05) is 31.0 Å². The van der Waals surface area contributed by atoms with E-state index in [9.17, 15) is 24.3 Å². The lowest BCUT2D eigenvalue weighted by atomic mass is 10.1. The third-order valence-corrected chi connectivity index (χ3v) is 8.90. The number of carbonyl (C=O) groups is 4. The van der Waals surface area contributed by atoms with Gasteiger partial charge in [-0.15, -0.1) is 0 Å². The molecule has 0 aliphatic rings. The molecule has 0 spiro atoms. The molecule has 4 heterocycles. The molecule has 0 aliphatic heterocycles. The maximum atomic E-state index is 13.6. The largest absolute Gasteiger partial charge is 0.494 e. The lowest BCUT2D eigenvalue weighted by Gasteiger charge is -2.13. The Labute approximate surface area is 320 Å². The first kappa shape index (κ1) is 38.9. The van der Waals surface area contributed by atoms with Gasteiger partial charge < -0.3 is 29.4 Å². The first-order valence-electron chi connectivity index (χ1n) is 18.0. The maximum absolute atomic E-state index is 13.6. The summed E-state index contributed by atoms with van der Waals surface area (Å²) < 4.78 is 18.3. The van der Waals surface area contributed by atoms with Gasteiger partial charge in [0.1, 0.15) is 40.2 Å². The van der Waals surface area contributed by atoms with Gasteiger partial charge in [-0.25, -0.2) is 9.97 Å². The van der Waals surface area contributed by atoms with E-state index in [4.69, 9.17) is 20.2 Å². The Morgan fingerprint density at radius 2 is 1.34 bits per heavy atom. The molecule has 6 aromatic rings. The summed E-state index contributed by atoms with van der Waals surface area (Å²) in [5.74, 6) is -0.506. The number of ether oxygens (including phenoxy) is 2. The van der Waals surface area contributed by atoms with E-state index in [1.165, 1.54) is 19.2 Å². The first-order chi connectivity index (χ1) is 27.0. The molecule has 0 saturated heterocycles. The summed E-state index contributed by atoms with van der Waals surface area (Å²) in [5.41, 5.74) is 9.94. The SMILES string of the molecule is CCn1nc(C)cc1C(=O)Nc1nc2cc(C(N)=O)cc(OC)c2n1C/C=C/Cn1c(NC(=O)c2cc(C)nn2CC)nc2cc(C=O)cc(OCCCO)c21. The number of aromatic nitrogens is 8. The minimum atomic E-state index is -0.669. The molecule has 56 heavy (non-hydrogen) atoms. The number of aliphatic hydroxyl groups is 1. The summed E-state index contributed by atoms with van der Waals surface area (Å²) in [6.07, 6.45) is 4.70. The first-order valence-corrected chi connectivity index (χ1v) is 18.0. The number of allylic oxidation sites excluding steroid dienone is 2. The van der Waals surface area contributed by atoms with Crippen molar-refractivity contribution in [2.24, 2.45) is 5.73 Å². The Balaban J connectivity index is 1.40. The van der Waals surface area contributed by atoms with Crippen LogP contribution in [0.5, 0.6) is 11.5 Å². The van der Waals surface area contributed by atoms with Crippen LogP contribution in [0.1, 0.15) is 73.3 Å². The van der Waals surface area contributed by atoms with E-state index < -0.39 is 17.7 Å². The van der Waals surface area contributed by atoms with Crippen LogP contribution < -0.4 is 25.8 Å². The molecule has 4 aromatic heterocycles. The van der Waals surface area contributed by atoms with Crippen LogP contribution in [0.4, 0.5) is 11.9 Å². The van der Waals surface area contributed by atoms with Crippen LogP contribution in [-0.4, -0.2) is 88.1 Å². The molecule has 0 radical (unpaired) electrons. The van der Waals surface area contributed by atoms with Crippen LogP contribution in [0.25, 0.3) is 22.1 Å². The number of rotatable bonds is 17. The second-order valence-corrected chi connectivity index (χ2v) is 12.8. The van der Waals surface area contributed by atoms with Gasteiger partial charge in [-0.05, 0) is 64.1 Å². The Morgan fingerprint density at radius 3 is 1.82 bits per heavy atom. The van der Waals surface area contributed by atoms with Gasteiger partial charge in [0.25, 0.3) is 11.8 Å². The Hall–Kier alpha value is -6.82. The number of nitrogens with two attached hydrogens (primary N) is 1. The molecule has 2 aromatic carbocycles. The lowest BCUT2D eigenvalue weighted by molar-refractivity contribution is 0.0994. The zero-order valence-corrected chi connectivity index (χ0v) is 31.7. The number of imidazole rings is 2. The third kappa shape index (κ3) is 7.85. The van der Waals surface area contributed by atoms with Crippen molar-refractivity contribution >= 4 is 58.0 Å². The Bertz CT molecular complexity index is 2490. The highest BCUT2D eigenvalue weighted by molar-refractivity contribution is 6.05. The van der Waals surface area contributed by atoms with Crippen LogP contribution in [0, 0.1) is 13.8 Å². The molecule has 0 saturated carbocycles. The van der Waals surface area contributed by atoms with Crippen molar-refractivity contribution in [3.8, 4) is 11.5 Å². The summed E-state index contributed by atoms with van der Waals surface area (Å²) >= 11 is 0. The molecule has 18 heteroatoms. The van der Waals surface area contributed by atoms with Crippen molar-refractivity contribution in [3.05, 3.63) is 82.5 Å². The normalized spacial score (nSPS) is 11.5. The molecule has 18 nitrogen and oxygen atoms in total. The molecular formula is C38H43N11O7. The summed E-state index contributed by atoms with van der Waals surface area (Å²) in [4.78, 5) is 60.6. The van der Waals surface area contributed by atoms with E-state index in [0.29, 0.717) is 87.7 Å². The summed E-state index contributed by atoms with van der Waals surface area (Å²) in [6.45, 7) is 8.73. The summed E-state index contributed by atoms with van der Waals surface area (Å²) in [7, 11) is 1.46. The number of amides is 3. The van der Waals surface area contributed by atoms with Crippen molar-refractivity contribution in [1.82, 2.24) is 38.7 Å². The molecule has 3 amide bonds. The highest BCUT2D eigenvalue weighted by atomic mass is 16.5. The van der Waals surface area contributed by atoms with Gasteiger partial charge in [-0.2, -0.15) is 10.2 Å². The molecule has 0 unspecified atom stereocenters. The molecule has 0 bridgehead atoms. The molecule has 0 fully saturated rings. The van der Waals surface area contributed by atoms with Gasteiger partial charge in [0.15, 0.2) is 0 Å². The number of nitrogens with zero attached hydrogens (tertiary/aromatic N) is 8. The Kier molecular flexibility index (Phi) is 11.6. The molecule has 0 aliphatic carbocycles. The monoisotopic (exact) mass is 765 g/mol. The van der Waals surface area contributed by atoms with Crippen LogP contribution in [0.2, 0.25) is 0 Å². The fraction of sp³-hybridized carbons (Fsp3) is 0.316. The highest BCUT2D eigenvalue weighted by Gasteiger charge is 2.23. The van der Waals surface area contributed by atoms with Gasteiger partial charge >= 0.3 is 0 Å². The van der Waals surface area contributed by atoms with E-state index in [0.717, 1.165) is 0 Å². The zero-order valence-electron chi connectivity index (χ0n) is 31.7. The molecule has 292 valence electrons. The van der Waals surface area contributed by atoms with Gasteiger partial charge in [0.05, 0.1) is 36.1 Å². The van der Waals surface area contributed by atoms with Gasteiger partial charge in [-0.1, -0.05) is 12.2 Å². The molecule has 6 rings (SSSR count). The predicted molar refractivity (Wildman–Crippen MR) is 207 cm³/mol. The third-order valence-electron chi connectivity index (χ3n) is 8.90. The smallest absolute Gasteiger partial charge is 0.276 e. The minimum Gasteiger partial charge on any atom is -0.494 e. The highest BCUT2D eigenvalue weighted by Crippen LogP contribution is 2.33. The average Bonchev–Trinajstić information content (AvgIpc) is 3.95. The minimum absolute atomic E-state index is 0.0910. The van der Waals surface area contributed by atoms with Gasteiger partial charge in [0.2, 0.25) is 17.8 Å². The van der Waals surface area contributed by atoms with Crippen LogP contribution >= 0.6 is 0 Å². The van der Waals surface area contributed by atoms with Crippen molar-refractivity contribution < 1.29 is 33.8 Å². The molecule has 0 atom stereocenters. The van der Waals surface area contributed by atoms with Gasteiger partial charge in [-0.3, -0.25) is 39.2 Å². The Morgan fingerprint density at radius 1 is 0.804 bits per heavy atom. The number of aryl methyl sites for hydroxylation is 4. The second-order valence-electron chi connectivity index (χ2n) is 12.8. The number of fused-ring (bicyclic) bond motifs is 2. The number of nitrogens with one attached hydrogen (secondary N) is 2. The standard InChI is InChI=1S/C38H43N11O7/c1-6-48-28(15-22(3)44-48)35(53)42-37-40-26-17-24(21-51)18-31(56-14-10-13-50)33(26)47(37)12-9-8-11-46-32-27(19-25(34(39)52)20-30(32)55-5)41-38(46)43-36(54)29-16-23(4)45-49(29)7-2/h8-9,15-21,50H,6-7,10-14H2,1-5H3,(H2,39,52)(H,40,42,53)(H,41,43,54)/b9-8+. The number of primary amides is 1. The van der Waals surface area contributed by atoms with E-state index in [-0.39, 0.29) is 43.8 Å². The number of hydrogen-bond donors (Lipinski definition) is 4. The quantitative estimate of drug-likeness (QED) is 0.0592. The maximum Gasteiger partial charge on any atom is 0.276 e. The fourth-order valence-corrected chi connectivity index (χ4v) is 6.38.